The average Bonchev–Trinajstić information content (AvgIpc) is 3.08. The van der Waals surface area contributed by atoms with Gasteiger partial charge in [-0.2, -0.15) is 0 Å². The van der Waals surface area contributed by atoms with Crippen molar-refractivity contribution in [3.05, 3.63) is 169 Å². The summed E-state index contributed by atoms with van der Waals surface area (Å²) in [6.45, 7) is 4.33. The maximum atomic E-state index is 4.53. The van der Waals surface area contributed by atoms with E-state index in [1.165, 1.54) is 27.8 Å². The topological polar surface area (TPSA) is 25.8 Å². The van der Waals surface area contributed by atoms with E-state index < -0.39 is 0 Å². The van der Waals surface area contributed by atoms with Gasteiger partial charge >= 0.3 is 0 Å². The SMILES string of the molecule is Cc1cc(C)cc(-c2c(-c3c[c-]c(-c4ccccn4)cc3)cc(-c3ccccc3)cc2-c2c[c-]c(-c3ccccn3)cc2)c1.[Ir].[Ir]. The van der Waals surface area contributed by atoms with Crippen LogP contribution in [-0.4, -0.2) is 9.97 Å². The molecule has 0 atom stereocenters. The predicted octanol–water partition coefficient (Wildman–Crippen LogP) is 10.7. The van der Waals surface area contributed by atoms with Gasteiger partial charge in [0.1, 0.15) is 0 Å². The van der Waals surface area contributed by atoms with Crippen molar-refractivity contribution in [2.75, 3.05) is 0 Å². The fourth-order valence-corrected chi connectivity index (χ4v) is 5.87. The normalized spacial score (nSPS) is 10.5. The van der Waals surface area contributed by atoms with Gasteiger partial charge in [-0.25, -0.2) is 0 Å². The van der Waals surface area contributed by atoms with Crippen molar-refractivity contribution in [2.24, 2.45) is 0 Å². The second kappa shape index (κ2) is 14.9. The van der Waals surface area contributed by atoms with E-state index in [4.69, 9.17) is 0 Å². The molecule has 7 aromatic rings. The molecule has 0 unspecified atom stereocenters. The summed E-state index contributed by atoms with van der Waals surface area (Å²) in [5.74, 6) is 0. The van der Waals surface area contributed by atoms with Gasteiger partial charge in [-0.05, 0) is 59.6 Å². The summed E-state index contributed by atoms with van der Waals surface area (Å²) < 4.78 is 0. The van der Waals surface area contributed by atoms with E-state index >= 15 is 0 Å². The van der Waals surface area contributed by atoms with Gasteiger partial charge in [0, 0.05) is 52.6 Å². The Morgan fingerprint density at radius 3 is 1.37 bits per heavy atom. The molecule has 2 heterocycles. The number of pyridine rings is 2. The maximum Gasteiger partial charge on any atom is 0.0160 e. The number of aromatic nitrogens is 2. The summed E-state index contributed by atoms with van der Waals surface area (Å²) >= 11 is 0. The van der Waals surface area contributed by atoms with Gasteiger partial charge in [0.05, 0.1) is 0 Å². The third-order valence-electron chi connectivity index (χ3n) is 7.89. The zero-order valence-corrected chi connectivity index (χ0v) is 30.2. The van der Waals surface area contributed by atoms with Crippen LogP contribution >= 0.6 is 0 Å². The Kier molecular flexibility index (Phi) is 10.7. The molecular formula is C42H30Ir2N2-2. The molecular weight excluding hydrogens is 917 g/mol. The molecule has 0 spiro atoms. The van der Waals surface area contributed by atoms with E-state index in [-0.39, 0.29) is 40.2 Å². The monoisotopic (exact) mass is 948 g/mol. The van der Waals surface area contributed by atoms with E-state index in [2.05, 4.69) is 133 Å². The summed E-state index contributed by atoms with van der Waals surface area (Å²) in [6, 6.07) is 53.8. The fraction of sp³-hybridized carbons (Fsp3) is 0.0476. The van der Waals surface area contributed by atoms with Crippen LogP contribution in [-0.2, 0) is 40.2 Å². The average molecular weight is 947 g/mol. The number of hydrogen-bond acceptors (Lipinski definition) is 2. The first kappa shape index (κ1) is 33.1. The van der Waals surface area contributed by atoms with Crippen molar-refractivity contribution < 1.29 is 40.2 Å². The number of nitrogens with zero attached hydrogens (tertiary/aromatic N) is 2. The molecule has 0 aliphatic heterocycles. The molecule has 0 saturated heterocycles. The van der Waals surface area contributed by atoms with Crippen molar-refractivity contribution in [1.29, 1.82) is 0 Å². The molecule has 7 rings (SSSR count). The van der Waals surface area contributed by atoms with E-state index in [1.807, 2.05) is 48.8 Å². The molecule has 2 radical (unpaired) electrons. The zero-order valence-electron chi connectivity index (χ0n) is 25.4. The molecule has 5 aromatic carbocycles. The van der Waals surface area contributed by atoms with Crippen molar-refractivity contribution >= 4 is 0 Å². The van der Waals surface area contributed by atoms with Gasteiger partial charge in [0.2, 0.25) is 0 Å². The summed E-state index contributed by atoms with van der Waals surface area (Å²) in [6.07, 6.45) is 3.64. The minimum absolute atomic E-state index is 0. The zero-order chi connectivity index (χ0) is 29.9. The van der Waals surface area contributed by atoms with Gasteiger partial charge in [0.15, 0.2) is 0 Å². The minimum atomic E-state index is 0. The first-order valence-electron chi connectivity index (χ1n) is 14.8. The summed E-state index contributed by atoms with van der Waals surface area (Å²) in [7, 11) is 0. The number of benzene rings is 5. The van der Waals surface area contributed by atoms with Crippen molar-refractivity contribution in [1.82, 2.24) is 9.97 Å². The van der Waals surface area contributed by atoms with Crippen molar-refractivity contribution in [3.8, 4) is 67.0 Å². The van der Waals surface area contributed by atoms with Crippen LogP contribution in [0.25, 0.3) is 67.0 Å². The van der Waals surface area contributed by atoms with Gasteiger partial charge < -0.3 is 9.97 Å². The van der Waals surface area contributed by atoms with Crippen molar-refractivity contribution in [3.63, 3.8) is 0 Å². The molecule has 0 aliphatic carbocycles. The molecule has 46 heavy (non-hydrogen) atoms. The molecule has 0 amide bonds. The maximum absolute atomic E-state index is 4.53. The molecule has 0 fully saturated rings. The van der Waals surface area contributed by atoms with Gasteiger partial charge in [-0.15, -0.1) is 59.7 Å². The van der Waals surface area contributed by atoms with Gasteiger partial charge in [0.25, 0.3) is 0 Å². The van der Waals surface area contributed by atoms with Crippen LogP contribution < -0.4 is 0 Å². The predicted molar refractivity (Wildman–Crippen MR) is 182 cm³/mol. The second-order valence-corrected chi connectivity index (χ2v) is 11.1. The van der Waals surface area contributed by atoms with Crippen LogP contribution in [0.15, 0.2) is 146 Å². The third kappa shape index (κ3) is 7.07. The Morgan fingerprint density at radius 1 is 0.435 bits per heavy atom. The van der Waals surface area contributed by atoms with Crippen LogP contribution in [0.2, 0.25) is 0 Å². The molecule has 0 saturated carbocycles. The van der Waals surface area contributed by atoms with Gasteiger partial charge in [-0.1, -0.05) is 118 Å². The summed E-state index contributed by atoms with van der Waals surface area (Å²) in [5, 5.41) is 0. The van der Waals surface area contributed by atoms with Crippen LogP contribution in [0, 0.1) is 26.0 Å². The fourth-order valence-electron chi connectivity index (χ4n) is 5.87. The minimum Gasteiger partial charge on any atom is -0.305 e. The molecule has 2 nitrogen and oxygen atoms in total. The first-order valence-corrected chi connectivity index (χ1v) is 14.8. The molecule has 0 aliphatic rings. The number of aryl methyl sites for hydroxylation is 2. The van der Waals surface area contributed by atoms with E-state index in [0.717, 1.165) is 50.3 Å². The van der Waals surface area contributed by atoms with Crippen LogP contribution in [0.1, 0.15) is 11.1 Å². The quantitative estimate of drug-likeness (QED) is 0.155. The Balaban J connectivity index is 0.00000208. The summed E-state index contributed by atoms with van der Waals surface area (Å²) in [5.41, 5.74) is 15.5. The summed E-state index contributed by atoms with van der Waals surface area (Å²) in [4.78, 5) is 9.07. The van der Waals surface area contributed by atoms with Crippen LogP contribution in [0.3, 0.4) is 0 Å². The Labute approximate surface area is 298 Å². The number of hydrogen-bond donors (Lipinski definition) is 0. The molecule has 0 bridgehead atoms. The standard InChI is InChI=1S/C42H30N2.2Ir/c1-29-24-30(2)26-37(25-29)42-38(32-14-18-34(19-15-32)40-12-6-8-22-43-40)27-36(31-10-4-3-5-11-31)28-39(42)33-16-20-35(21-17-33)41-13-7-9-23-44-41;;/h3-18,20,22-28H,1-2H3;;/q-2;;. The van der Waals surface area contributed by atoms with Crippen LogP contribution in [0.5, 0.6) is 0 Å². The van der Waals surface area contributed by atoms with E-state index in [0.29, 0.717) is 0 Å². The Bertz CT molecular complexity index is 1920. The largest absolute Gasteiger partial charge is 0.305 e. The van der Waals surface area contributed by atoms with E-state index in [9.17, 15) is 0 Å². The Hall–Kier alpha value is -4.30. The van der Waals surface area contributed by atoms with Crippen molar-refractivity contribution in [2.45, 2.75) is 13.8 Å². The Morgan fingerprint density at radius 2 is 0.935 bits per heavy atom. The number of rotatable bonds is 6. The molecule has 228 valence electrons. The second-order valence-electron chi connectivity index (χ2n) is 11.1. The third-order valence-corrected chi connectivity index (χ3v) is 7.89. The molecule has 0 N–H and O–H groups in total. The first-order chi connectivity index (χ1) is 21.6. The smallest absolute Gasteiger partial charge is 0.0160 e. The molecule has 4 heteroatoms. The van der Waals surface area contributed by atoms with Gasteiger partial charge in [-0.3, -0.25) is 0 Å². The molecule has 2 aromatic heterocycles. The van der Waals surface area contributed by atoms with Crippen LogP contribution in [0.4, 0.5) is 0 Å². The van der Waals surface area contributed by atoms with E-state index in [1.54, 1.807) is 0 Å².